The molecule has 1 N–H and O–H groups in total. The van der Waals surface area contributed by atoms with Crippen LogP contribution in [0.4, 0.5) is 10.2 Å². The van der Waals surface area contributed by atoms with Gasteiger partial charge in [-0.2, -0.15) is 9.94 Å². The number of aromatic nitrogens is 5. The van der Waals surface area contributed by atoms with Crippen molar-refractivity contribution in [2.45, 2.75) is 25.9 Å². The molecule has 0 saturated heterocycles. The number of ether oxygens (including phenoxy) is 1. The van der Waals surface area contributed by atoms with Crippen molar-refractivity contribution in [3.05, 3.63) is 71.2 Å². The number of amides is 1. The molecule has 0 aliphatic carbocycles. The fraction of sp³-hybridized carbons (Fsp3) is 0.208. The van der Waals surface area contributed by atoms with Crippen LogP contribution in [0.5, 0.6) is 5.75 Å². The standard InChI is InChI=1S/C24H22FN7O2S/c1-4-34-21-11-6-5-10-20(21)32-24(28-29-30-32)35-14-22(33)27-23-19(13-26)15(2)16(3)31(23)18-9-7-8-17(25)12-18/h5-12H,4,14H2,1-3H3,(H,27,33). The highest BCUT2D eigenvalue weighted by Gasteiger charge is 2.22. The van der Waals surface area contributed by atoms with Crippen molar-refractivity contribution in [2.24, 2.45) is 0 Å². The van der Waals surface area contributed by atoms with E-state index in [2.05, 4.69) is 26.9 Å². The van der Waals surface area contributed by atoms with Crippen LogP contribution in [0.15, 0.2) is 53.7 Å². The lowest BCUT2D eigenvalue weighted by Crippen LogP contribution is -2.18. The topological polar surface area (TPSA) is 111 Å². The van der Waals surface area contributed by atoms with E-state index >= 15 is 0 Å². The number of halogens is 1. The first-order chi connectivity index (χ1) is 16.9. The van der Waals surface area contributed by atoms with E-state index in [4.69, 9.17) is 4.74 Å². The quantitative estimate of drug-likeness (QED) is 0.368. The second kappa shape index (κ2) is 10.4. The van der Waals surface area contributed by atoms with Crippen LogP contribution in [-0.4, -0.2) is 43.0 Å². The average molecular weight is 492 g/mol. The van der Waals surface area contributed by atoms with Gasteiger partial charge < -0.3 is 10.1 Å². The Labute approximate surface area is 205 Å². The van der Waals surface area contributed by atoms with Gasteiger partial charge in [-0.25, -0.2) is 4.39 Å². The van der Waals surface area contributed by atoms with Crippen molar-refractivity contribution in [1.29, 1.82) is 5.26 Å². The van der Waals surface area contributed by atoms with Gasteiger partial charge in [0.25, 0.3) is 0 Å². The zero-order chi connectivity index (χ0) is 24.9. The molecule has 0 aliphatic heterocycles. The van der Waals surface area contributed by atoms with E-state index in [0.717, 1.165) is 17.5 Å². The fourth-order valence-electron chi connectivity index (χ4n) is 3.63. The Bertz CT molecular complexity index is 1420. The molecular weight excluding hydrogens is 469 g/mol. The number of nitriles is 1. The molecule has 0 bridgehead atoms. The van der Waals surface area contributed by atoms with Crippen LogP contribution in [0.1, 0.15) is 23.7 Å². The third-order valence-corrected chi connectivity index (χ3v) is 6.24. The summed E-state index contributed by atoms with van der Waals surface area (Å²) in [4.78, 5) is 12.9. The number of nitrogens with one attached hydrogen (secondary N) is 1. The molecule has 4 rings (SSSR count). The van der Waals surface area contributed by atoms with Crippen LogP contribution in [-0.2, 0) is 4.79 Å². The van der Waals surface area contributed by atoms with Gasteiger partial charge in [0.05, 0.1) is 23.6 Å². The van der Waals surface area contributed by atoms with E-state index in [9.17, 15) is 14.4 Å². The van der Waals surface area contributed by atoms with Gasteiger partial charge in [0.1, 0.15) is 29.1 Å². The molecule has 2 heterocycles. The molecule has 2 aromatic carbocycles. The third kappa shape index (κ3) is 4.88. The molecule has 4 aromatic rings. The van der Waals surface area contributed by atoms with Crippen molar-refractivity contribution in [1.82, 2.24) is 24.8 Å². The summed E-state index contributed by atoms with van der Waals surface area (Å²) in [6.45, 7) is 5.97. The van der Waals surface area contributed by atoms with Gasteiger partial charge in [-0.05, 0) is 67.1 Å². The summed E-state index contributed by atoms with van der Waals surface area (Å²) >= 11 is 1.14. The van der Waals surface area contributed by atoms with Crippen molar-refractivity contribution < 1.29 is 13.9 Å². The summed E-state index contributed by atoms with van der Waals surface area (Å²) in [5, 5.41) is 24.8. The monoisotopic (exact) mass is 491 g/mol. The smallest absolute Gasteiger partial charge is 0.236 e. The van der Waals surface area contributed by atoms with E-state index in [1.54, 1.807) is 23.6 Å². The maximum Gasteiger partial charge on any atom is 0.236 e. The minimum Gasteiger partial charge on any atom is -0.492 e. The Kier molecular flexibility index (Phi) is 7.12. The van der Waals surface area contributed by atoms with Crippen molar-refractivity contribution in [3.8, 4) is 23.2 Å². The number of anilines is 1. The second-order valence-corrected chi connectivity index (χ2v) is 8.41. The number of carbonyl (C=O) groups is 1. The highest BCUT2D eigenvalue weighted by molar-refractivity contribution is 7.99. The lowest BCUT2D eigenvalue weighted by Gasteiger charge is -2.13. The molecule has 178 valence electrons. The molecule has 1 amide bonds. The lowest BCUT2D eigenvalue weighted by atomic mass is 10.2. The first kappa shape index (κ1) is 24.0. The number of rotatable bonds is 8. The van der Waals surface area contributed by atoms with E-state index in [1.165, 1.54) is 16.8 Å². The Morgan fingerprint density at radius 2 is 2.03 bits per heavy atom. The Hall–Kier alpha value is -4.17. The molecule has 11 heteroatoms. The maximum atomic E-state index is 13.9. The molecule has 2 aromatic heterocycles. The minimum atomic E-state index is -0.418. The number of hydrogen-bond acceptors (Lipinski definition) is 7. The highest BCUT2D eigenvalue weighted by atomic mass is 32.2. The molecule has 35 heavy (non-hydrogen) atoms. The molecule has 9 nitrogen and oxygen atoms in total. The number of para-hydroxylation sites is 2. The molecule has 0 radical (unpaired) electrons. The summed E-state index contributed by atoms with van der Waals surface area (Å²) in [7, 11) is 0. The summed E-state index contributed by atoms with van der Waals surface area (Å²) in [6.07, 6.45) is 0. The molecule has 0 unspecified atom stereocenters. The summed E-state index contributed by atoms with van der Waals surface area (Å²) in [5.41, 5.74) is 2.91. The zero-order valence-electron chi connectivity index (χ0n) is 19.3. The SMILES string of the molecule is CCOc1ccccc1-n1nnnc1SCC(=O)Nc1c(C#N)c(C)c(C)n1-c1cccc(F)c1. The van der Waals surface area contributed by atoms with Gasteiger partial charge in [-0.15, -0.1) is 5.10 Å². The zero-order valence-corrected chi connectivity index (χ0v) is 20.1. The summed E-state index contributed by atoms with van der Waals surface area (Å²) in [5.74, 6) is 0.105. The number of hydrogen-bond donors (Lipinski definition) is 1. The lowest BCUT2D eigenvalue weighted by molar-refractivity contribution is -0.113. The predicted octanol–water partition coefficient (Wildman–Crippen LogP) is 4.21. The molecule has 0 atom stereocenters. The summed E-state index contributed by atoms with van der Waals surface area (Å²) in [6, 6.07) is 15.5. The van der Waals surface area contributed by atoms with E-state index in [0.29, 0.717) is 45.8 Å². The maximum absolute atomic E-state index is 13.9. The average Bonchev–Trinajstić information content (AvgIpc) is 3.40. The summed E-state index contributed by atoms with van der Waals surface area (Å²) < 4.78 is 22.7. The van der Waals surface area contributed by atoms with Crippen LogP contribution in [0.3, 0.4) is 0 Å². The van der Waals surface area contributed by atoms with Crippen molar-refractivity contribution in [3.63, 3.8) is 0 Å². The van der Waals surface area contributed by atoms with E-state index < -0.39 is 5.82 Å². The second-order valence-electron chi connectivity index (χ2n) is 7.47. The molecule has 0 aliphatic rings. The molecule has 0 saturated carbocycles. The molecule has 0 fully saturated rings. The van der Waals surface area contributed by atoms with Crippen LogP contribution in [0.2, 0.25) is 0 Å². The Morgan fingerprint density at radius 1 is 1.23 bits per heavy atom. The first-order valence-corrected chi connectivity index (χ1v) is 11.7. The number of nitrogens with zero attached hydrogens (tertiary/aromatic N) is 6. The van der Waals surface area contributed by atoms with Crippen LogP contribution in [0.25, 0.3) is 11.4 Å². The van der Waals surface area contributed by atoms with Crippen LogP contribution < -0.4 is 10.1 Å². The number of benzene rings is 2. The molecule has 0 spiro atoms. The van der Waals surface area contributed by atoms with Gasteiger partial charge in [0.15, 0.2) is 0 Å². The Morgan fingerprint density at radius 3 is 2.77 bits per heavy atom. The predicted molar refractivity (Wildman–Crippen MR) is 130 cm³/mol. The molecular formula is C24H22FN7O2S. The third-order valence-electron chi connectivity index (χ3n) is 5.32. The van der Waals surface area contributed by atoms with Gasteiger partial charge in [-0.1, -0.05) is 30.0 Å². The highest BCUT2D eigenvalue weighted by Crippen LogP contribution is 2.31. The number of tetrazole rings is 1. The largest absolute Gasteiger partial charge is 0.492 e. The minimum absolute atomic E-state index is 0.0194. The van der Waals surface area contributed by atoms with Gasteiger partial charge in [0, 0.05) is 5.69 Å². The van der Waals surface area contributed by atoms with Gasteiger partial charge >= 0.3 is 0 Å². The fourth-order valence-corrected chi connectivity index (χ4v) is 4.31. The van der Waals surface area contributed by atoms with Crippen LogP contribution in [0, 0.1) is 31.0 Å². The van der Waals surface area contributed by atoms with E-state index in [-0.39, 0.29) is 11.7 Å². The van der Waals surface area contributed by atoms with Crippen LogP contribution >= 0.6 is 11.8 Å². The van der Waals surface area contributed by atoms with Gasteiger partial charge in [-0.3, -0.25) is 9.36 Å². The normalized spacial score (nSPS) is 10.7. The Balaban J connectivity index is 1.57. The van der Waals surface area contributed by atoms with E-state index in [1.807, 2.05) is 38.1 Å². The van der Waals surface area contributed by atoms with Crippen molar-refractivity contribution >= 4 is 23.5 Å². The number of thioether (sulfide) groups is 1. The first-order valence-electron chi connectivity index (χ1n) is 10.8. The van der Waals surface area contributed by atoms with Crippen molar-refractivity contribution in [2.75, 3.05) is 17.7 Å². The van der Waals surface area contributed by atoms with Gasteiger partial charge in [0.2, 0.25) is 11.1 Å². The number of carbonyl (C=O) groups excluding carboxylic acids is 1.